The lowest BCUT2D eigenvalue weighted by atomic mass is 9.96. The van der Waals surface area contributed by atoms with Crippen molar-refractivity contribution in [3.8, 4) is 0 Å². The van der Waals surface area contributed by atoms with E-state index < -0.39 is 0 Å². The first kappa shape index (κ1) is 17.1. The third-order valence-electron chi connectivity index (χ3n) is 3.06. The minimum Gasteiger partial charge on any atom is -0.317 e. The number of anilines is 2. The highest BCUT2D eigenvalue weighted by Gasteiger charge is 2.18. The molecule has 1 fully saturated rings. The van der Waals surface area contributed by atoms with E-state index >= 15 is 0 Å². The van der Waals surface area contributed by atoms with Gasteiger partial charge in [0, 0.05) is 23.7 Å². The van der Waals surface area contributed by atoms with Gasteiger partial charge >= 0.3 is 0 Å². The molecule has 0 spiro atoms. The Balaban J connectivity index is 0.000001000. The lowest BCUT2D eigenvalue weighted by Crippen LogP contribution is -2.26. The van der Waals surface area contributed by atoms with Crippen LogP contribution in [0.3, 0.4) is 0 Å². The second kappa shape index (κ2) is 8.36. The monoisotopic (exact) mass is 333 g/mol. The van der Waals surface area contributed by atoms with Crippen molar-refractivity contribution in [2.75, 3.05) is 18.4 Å². The van der Waals surface area contributed by atoms with Gasteiger partial charge in [0.25, 0.3) is 0 Å². The Hall–Kier alpha value is -0.950. The van der Waals surface area contributed by atoms with Crippen LogP contribution in [-0.2, 0) is 0 Å². The van der Waals surface area contributed by atoms with Crippen LogP contribution in [-0.4, -0.2) is 28.0 Å². The normalized spacial score (nSPS) is 15.0. The summed E-state index contributed by atoms with van der Waals surface area (Å²) in [7, 11) is 0. The standard InChI is InChI=1S/C12H15N5S.2ClH/c1-4-14-11(15-5-1)17-12-16-10(8-18-12)9-2-6-13-7-3-9;;/h1,4-5,8-9,13H,2-3,6-7H2,(H,14,15,16,17);2*1H. The molecule has 2 aromatic heterocycles. The first-order chi connectivity index (χ1) is 8.92. The highest BCUT2D eigenvalue weighted by molar-refractivity contribution is 7.13. The Morgan fingerprint density at radius 1 is 1.15 bits per heavy atom. The van der Waals surface area contributed by atoms with E-state index in [9.17, 15) is 0 Å². The molecule has 5 nitrogen and oxygen atoms in total. The molecule has 2 N–H and O–H groups in total. The number of thiazole rings is 1. The van der Waals surface area contributed by atoms with E-state index in [-0.39, 0.29) is 24.8 Å². The summed E-state index contributed by atoms with van der Waals surface area (Å²) in [5, 5.41) is 9.51. The SMILES string of the molecule is Cl.Cl.c1cnc(Nc2nc(C3CCNCC3)cs2)nc1. The summed E-state index contributed by atoms with van der Waals surface area (Å²) in [4.78, 5) is 12.9. The molecule has 1 aliphatic heterocycles. The molecule has 8 heteroatoms. The van der Waals surface area contributed by atoms with E-state index in [1.807, 2.05) is 0 Å². The van der Waals surface area contributed by atoms with Gasteiger partial charge in [-0.2, -0.15) is 0 Å². The number of nitrogens with one attached hydrogen (secondary N) is 2. The number of piperidine rings is 1. The van der Waals surface area contributed by atoms with Crippen LogP contribution < -0.4 is 10.6 Å². The Morgan fingerprint density at radius 3 is 2.55 bits per heavy atom. The predicted molar refractivity (Wildman–Crippen MR) is 86.8 cm³/mol. The minimum atomic E-state index is 0. The van der Waals surface area contributed by atoms with Gasteiger partial charge in [-0.3, -0.25) is 0 Å². The zero-order chi connectivity index (χ0) is 12.2. The number of hydrogen-bond acceptors (Lipinski definition) is 6. The van der Waals surface area contributed by atoms with Crippen LogP contribution in [0.5, 0.6) is 0 Å². The molecule has 20 heavy (non-hydrogen) atoms. The topological polar surface area (TPSA) is 62.7 Å². The molecule has 0 unspecified atom stereocenters. The Kier molecular flexibility index (Phi) is 7.15. The largest absolute Gasteiger partial charge is 0.317 e. The summed E-state index contributed by atoms with van der Waals surface area (Å²) in [6, 6.07) is 1.80. The van der Waals surface area contributed by atoms with Gasteiger partial charge in [-0.05, 0) is 32.0 Å². The first-order valence-corrected chi connectivity index (χ1v) is 7.00. The molecule has 2 aromatic rings. The summed E-state index contributed by atoms with van der Waals surface area (Å²) in [5.74, 6) is 1.19. The summed E-state index contributed by atoms with van der Waals surface area (Å²) in [5.41, 5.74) is 1.19. The van der Waals surface area contributed by atoms with Crippen LogP contribution in [0, 0.1) is 0 Å². The molecule has 0 radical (unpaired) electrons. The molecule has 3 heterocycles. The van der Waals surface area contributed by atoms with Gasteiger partial charge in [-0.15, -0.1) is 36.2 Å². The highest BCUT2D eigenvalue weighted by Crippen LogP contribution is 2.28. The molecule has 0 aromatic carbocycles. The van der Waals surface area contributed by atoms with E-state index in [1.54, 1.807) is 29.8 Å². The maximum Gasteiger partial charge on any atom is 0.228 e. The fraction of sp³-hybridized carbons (Fsp3) is 0.417. The van der Waals surface area contributed by atoms with Crippen LogP contribution in [0.4, 0.5) is 11.1 Å². The molecule has 1 aliphatic rings. The Morgan fingerprint density at radius 2 is 1.85 bits per heavy atom. The second-order valence-corrected chi connectivity index (χ2v) is 5.16. The molecule has 0 saturated carbocycles. The summed E-state index contributed by atoms with van der Waals surface area (Å²) >= 11 is 1.62. The molecular formula is C12H17Cl2N5S. The maximum absolute atomic E-state index is 4.63. The van der Waals surface area contributed by atoms with Gasteiger partial charge < -0.3 is 10.6 Å². The van der Waals surface area contributed by atoms with Gasteiger partial charge in [0.2, 0.25) is 5.95 Å². The molecule has 0 atom stereocenters. The van der Waals surface area contributed by atoms with Crippen LogP contribution in [0.2, 0.25) is 0 Å². The lowest BCUT2D eigenvalue weighted by molar-refractivity contribution is 0.455. The molecular weight excluding hydrogens is 317 g/mol. The molecule has 0 amide bonds. The van der Waals surface area contributed by atoms with Crippen molar-refractivity contribution < 1.29 is 0 Å². The third kappa shape index (κ3) is 4.28. The summed E-state index contributed by atoms with van der Waals surface area (Å²) < 4.78 is 0. The van der Waals surface area contributed by atoms with Crippen molar-refractivity contribution in [1.29, 1.82) is 0 Å². The van der Waals surface area contributed by atoms with E-state index in [0.717, 1.165) is 18.2 Å². The third-order valence-corrected chi connectivity index (χ3v) is 3.84. The molecule has 0 aliphatic carbocycles. The van der Waals surface area contributed by atoms with Crippen LogP contribution in [0.25, 0.3) is 0 Å². The van der Waals surface area contributed by atoms with Crippen molar-refractivity contribution in [2.45, 2.75) is 18.8 Å². The molecule has 110 valence electrons. The van der Waals surface area contributed by atoms with Gasteiger partial charge in [0.1, 0.15) is 0 Å². The van der Waals surface area contributed by atoms with Crippen molar-refractivity contribution in [2.24, 2.45) is 0 Å². The Bertz CT molecular complexity index is 502. The number of hydrogen-bond donors (Lipinski definition) is 2. The van der Waals surface area contributed by atoms with Crippen LogP contribution >= 0.6 is 36.2 Å². The predicted octanol–water partition coefficient (Wildman–Crippen LogP) is 2.99. The fourth-order valence-corrected chi connectivity index (χ4v) is 2.89. The average Bonchev–Trinajstić information content (AvgIpc) is 2.89. The fourth-order valence-electron chi connectivity index (χ4n) is 2.11. The zero-order valence-corrected chi connectivity index (χ0v) is 13.2. The van der Waals surface area contributed by atoms with Crippen molar-refractivity contribution in [3.63, 3.8) is 0 Å². The second-order valence-electron chi connectivity index (χ2n) is 4.30. The summed E-state index contributed by atoms with van der Waals surface area (Å²) in [6.45, 7) is 2.18. The van der Waals surface area contributed by atoms with Crippen LogP contribution in [0.1, 0.15) is 24.5 Å². The minimum absolute atomic E-state index is 0. The smallest absolute Gasteiger partial charge is 0.228 e. The average molecular weight is 334 g/mol. The highest BCUT2D eigenvalue weighted by atomic mass is 35.5. The van der Waals surface area contributed by atoms with Crippen molar-refractivity contribution in [1.82, 2.24) is 20.3 Å². The maximum atomic E-state index is 4.63. The molecule has 1 saturated heterocycles. The van der Waals surface area contributed by atoms with Gasteiger partial charge in [-0.25, -0.2) is 15.0 Å². The van der Waals surface area contributed by atoms with E-state index in [4.69, 9.17) is 0 Å². The van der Waals surface area contributed by atoms with E-state index in [0.29, 0.717) is 11.9 Å². The number of aromatic nitrogens is 3. The number of rotatable bonds is 3. The zero-order valence-electron chi connectivity index (χ0n) is 10.8. The Labute approximate surface area is 134 Å². The summed E-state index contributed by atoms with van der Waals surface area (Å²) in [6.07, 6.45) is 5.78. The van der Waals surface area contributed by atoms with E-state index in [1.165, 1.54) is 18.5 Å². The lowest BCUT2D eigenvalue weighted by Gasteiger charge is -2.20. The van der Waals surface area contributed by atoms with Crippen molar-refractivity contribution in [3.05, 3.63) is 29.5 Å². The molecule has 0 bridgehead atoms. The number of nitrogens with zero attached hydrogens (tertiary/aromatic N) is 3. The molecule has 3 rings (SSSR count). The van der Waals surface area contributed by atoms with Crippen molar-refractivity contribution >= 4 is 47.2 Å². The van der Waals surface area contributed by atoms with Gasteiger partial charge in [0.15, 0.2) is 5.13 Å². The van der Waals surface area contributed by atoms with E-state index in [2.05, 4.69) is 31.0 Å². The first-order valence-electron chi connectivity index (χ1n) is 6.12. The van der Waals surface area contributed by atoms with Gasteiger partial charge in [0.05, 0.1) is 5.69 Å². The van der Waals surface area contributed by atoms with Gasteiger partial charge in [-0.1, -0.05) is 0 Å². The van der Waals surface area contributed by atoms with Crippen LogP contribution in [0.15, 0.2) is 23.8 Å². The number of halogens is 2. The quantitative estimate of drug-likeness (QED) is 0.904.